The number of para-hydroxylation sites is 1. The molecule has 0 fully saturated rings. The van der Waals surface area contributed by atoms with Gasteiger partial charge in [0.05, 0.1) is 6.54 Å². The van der Waals surface area contributed by atoms with Crippen molar-refractivity contribution in [3.05, 3.63) is 29.8 Å². The topological polar surface area (TPSA) is 56.7 Å². The summed E-state index contributed by atoms with van der Waals surface area (Å²) in [5, 5.41) is 6.41. The van der Waals surface area contributed by atoms with E-state index in [1.807, 2.05) is 23.1 Å². The number of hydrogen-bond acceptors (Lipinski definition) is 2. The van der Waals surface area contributed by atoms with Gasteiger partial charge in [0, 0.05) is 25.3 Å². The maximum Gasteiger partial charge on any atom is 0.246 e. The molecule has 120 valence electrons. The van der Waals surface area contributed by atoms with Crippen molar-refractivity contribution in [1.82, 2.24) is 10.6 Å². The van der Waals surface area contributed by atoms with Gasteiger partial charge in [0.1, 0.15) is 0 Å². The number of nitrogens with zero attached hydrogens (tertiary/aromatic N) is 2. The molecular weight excluding hydrogens is 276 g/mol. The lowest BCUT2D eigenvalue weighted by Gasteiger charge is -2.22. The maximum absolute atomic E-state index is 12.4. The summed E-state index contributed by atoms with van der Waals surface area (Å²) in [4.78, 5) is 18.5. The number of fused-ring (bicyclic) bond motifs is 1. The number of hydrogen-bond donors (Lipinski definition) is 2. The quantitative estimate of drug-likeness (QED) is 0.658. The molecule has 2 N–H and O–H groups in total. The predicted octanol–water partition coefficient (Wildman–Crippen LogP) is 1.79. The van der Waals surface area contributed by atoms with Crippen molar-refractivity contribution >= 4 is 17.6 Å². The molecule has 0 saturated carbocycles. The Balaban J connectivity index is 1.90. The van der Waals surface area contributed by atoms with Gasteiger partial charge >= 0.3 is 0 Å². The molecule has 5 nitrogen and oxygen atoms in total. The third kappa shape index (κ3) is 3.78. The van der Waals surface area contributed by atoms with E-state index in [1.165, 1.54) is 5.56 Å². The Morgan fingerprint density at radius 1 is 1.32 bits per heavy atom. The molecule has 1 aromatic rings. The molecule has 0 bridgehead atoms. The molecule has 1 aliphatic rings. The predicted molar refractivity (Wildman–Crippen MR) is 91.3 cm³/mol. The lowest BCUT2D eigenvalue weighted by atomic mass is 10.1. The Kier molecular flexibility index (Phi) is 5.41. The molecule has 1 heterocycles. The van der Waals surface area contributed by atoms with Crippen molar-refractivity contribution in [3.8, 4) is 0 Å². The lowest BCUT2D eigenvalue weighted by Crippen LogP contribution is -2.48. The van der Waals surface area contributed by atoms with Gasteiger partial charge in [-0.1, -0.05) is 32.0 Å². The average Bonchev–Trinajstić information content (AvgIpc) is 2.94. The van der Waals surface area contributed by atoms with Gasteiger partial charge in [-0.2, -0.15) is 0 Å². The van der Waals surface area contributed by atoms with Crippen LogP contribution < -0.4 is 15.5 Å². The number of carbonyl (C=O) groups is 1. The first-order chi connectivity index (χ1) is 10.5. The van der Waals surface area contributed by atoms with Crippen LogP contribution in [0.5, 0.6) is 0 Å². The van der Waals surface area contributed by atoms with Crippen molar-refractivity contribution in [1.29, 1.82) is 0 Å². The monoisotopic (exact) mass is 302 g/mol. The summed E-state index contributed by atoms with van der Waals surface area (Å²) in [6, 6.07) is 8.38. The van der Waals surface area contributed by atoms with Gasteiger partial charge in [-0.3, -0.25) is 9.79 Å². The fourth-order valence-electron chi connectivity index (χ4n) is 2.43. The zero-order valence-electron chi connectivity index (χ0n) is 13.9. The van der Waals surface area contributed by atoms with E-state index >= 15 is 0 Å². The molecule has 1 unspecified atom stereocenters. The van der Waals surface area contributed by atoms with Crippen molar-refractivity contribution in [2.75, 3.05) is 25.0 Å². The van der Waals surface area contributed by atoms with Crippen LogP contribution in [0.15, 0.2) is 29.3 Å². The van der Waals surface area contributed by atoms with E-state index < -0.39 is 0 Å². The van der Waals surface area contributed by atoms with Gasteiger partial charge in [0.25, 0.3) is 0 Å². The molecule has 1 amide bonds. The molecule has 0 spiro atoms. The molecule has 1 aliphatic heterocycles. The van der Waals surface area contributed by atoms with Crippen LogP contribution in [0, 0.1) is 5.92 Å². The van der Waals surface area contributed by atoms with Gasteiger partial charge < -0.3 is 15.5 Å². The highest BCUT2D eigenvalue weighted by molar-refractivity contribution is 5.98. The summed E-state index contributed by atoms with van der Waals surface area (Å²) in [7, 11) is 1.72. The van der Waals surface area contributed by atoms with E-state index in [-0.39, 0.29) is 12.5 Å². The molecule has 2 rings (SSSR count). The van der Waals surface area contributed by atoms with Crippen LogP contribution in [0.3, 0.4) is 0 Å². The number of nitrogens with one attached hydrogen (secondary N) is 2. The molecule has 1 atom stereocenters. The van der Waals surface area contributed by atoms with E-state index in [1.54, 1.807) is 7.05 Å². The molecule has 0 radical (unpaired) electrons. The maximum atomic E-state index is 12.4. The van der Waals surface area contributed by atoms with Crippen molar-refractivity contribution < 1.29 is 4.79 Å². The zero-order chi connectivity index (χ0) is 16.1. The Morgan fingerprint density at radius 3 is 2.73 bits per heavy atom. The minimum absolute atomic E-state index is 0.0742. The normalized spacial score (nSPS) is 15.7. The number of aliphatic imine (C=N–C) groups is 1. The Morgan fingerprint density at radius 2 is 2.05 bits per heavy atom. The van der Waals surface area contributed by atoms with Crippen LogP contribution in [0.4, 0.5) is 5.69 Å². The fraction of sp³-hybridized carbons (Fsp3) is 0.529. The number of amides is 1. The molecule has 5 heteroatoms. The summed E-state index contributed by atoms with van der Waals surface area (Å²) >= 11 is 0. The van der Waals surface area contributed by atoms with E-state index in [9.17, 15) is 4.79 Å². The van der Waals surface area contributed by atoms with Crippen LogP contribution >= 0.6 is 0 Å². The van der Waals surface area contributed by atoms with Gasteiger partial charge in [-0.15, -0.1) is 0 Å². The number of benzene rings is 1. The highest BCUT2D eigenvalue weighted by atomic mass is 16.2. The van der Waals surface area contributed by atoms with E-state index in [2.05, 4.69) is 42.5 Å². The van der Waals surface area contributed by atoms with Crippen molar-refractivity contribution in [2.24, 2.45) is 10.9 Å². The SMILES string of the molecule is CN=C(NCC(=O)N1CCc2ccccc21)NC(C)C(C)C. The standard InChI is InChI=1S/C17H26N4O/c1-12(2)13(3)20-17(18-4)19-11-16(22)21-10-9-14-7-5-6-8-15(14)21/h5-8,12-13H,9-11H2,1-4H3,(H2,18,19,20). The molecule has 22 heavy (non-hydrogen) atoms. The summed E-state index contributed by atoms with van der Waals surface area (Å²) in [6.07, 6.45) is 0.930. The smallest absolute Gasteiger partial charge is 0.246 e. The molecule has 0 saturated heterocycles. The van der Waals surface area contributed by atoms with E-state index in [4.69, 9.17) is 0 Å². The molecular formula is C17H26N4O. The van der Waals surface area contributed by atoms with E-state index in [0.717, 1.165) is 18.7 Å². The van der Waals surface area contributed by atoms with Gasteiger partial charge in [-0.25, -0.2) is 0 Å². The zero-order valence-corrected chi connectivity index (χ0v) is 13.9. The molecule has 1 aromatic carbocycles. The first kappa shape index (κ1) is 16.3. The Labute approximate surface area is 132 Å². The number of guanidine groups is 1. The first-order valence-corrected chi connectivity index (χ1v) is 7.88. The first-order valence-electron chi connectivity index (χ1n) is 7.88. The fourth-order valence-corrected chi connectivity index (χ4v) is 2.43. The second kappa shape index (κ2) is 7.29. The average molecular weight is 302 g/mol. The number of carbonyl (C=O) groups excluding carboxylic acids is 1. The lowest BCUT2D eigenvalue weighted by molar-refractivity contribution is -0.117. The van der Waals surface area contributed by atoms with Gasteiger partial charge in [0.15, 0.2) is 5.96 Å². The van der Waals surface area contributed by atoms with Crippen LogP contribution in [0.2, 0.25) is 0 Å². The molecule has 0 aromatic heterocycles. The van der Waals surface area contributed by atoms with Crippen molar-refractivity contribution in [3.63, 3.8) is 0 Å². The Hall–Kier alpha value is -2.04. The summed E-state index contributed by atoms with van der Waals surface area (Å²) in [5.74, 6) is 1.24. The van der Waals surface area contributed by atoms with Crippen LogP contribution in [0.1, 0.15) is 26.3 Å². The van der Waals surface area contributed by atoms with Crippen LogP contribution in [0.25, 0.3) is 0 Å². The van der Waals surface area contributed by atoms with E-state index in [0.29, 0.717) is 17.9 Å². The summed E-state index contributed by atoms with van der Waals surface area (Å²) in [6.45, 7) is 7.41. The summed E-state index contributed by atoms with van der Waals surface area (Å²) < 4.78 is 0. The third-order valence-electron chi connectivity index (χ3n) is 4.18. The number of rotatable bonds is 4. The summed E-state index contributed by atoms with van der Waals surface area (Å²) in [5.41, 5.74) is 2.28. The minimum Gasteiger partial charge on any atom is -0.354 e. The van der Waals surface area contributed by atoms with Gasteiger partial charge in [-0.05, 0) is 30.9 Å². The molecule has 0 aliphatic carbocycles. The highest BCUT2D eigenvalue weighted by Crippen LogP contribution is 2.27. The second-order valence-electron chi connectivity index (χ2n) is 6.03. The van der Waals surface area contributed by atoms with Crippen LogP contribution in [-0.2, 0) is 11.2 Å². The third-order valence-corrected chi connectivity index (χ3v) is 4.18. The van der Waals surface area contributed by atoms with Gasteiger partial charge in [0.2, 0.25) is 5.91 Å². The minimum atomic E-state index is 0.0742. The second-order valence-corrected chi connectivity index (χ2v) is 6.03. The van der Waals surface area contributed by atoms with Crippen LogP contribution in [-0.4, -0.2) is 38.0 Å². The number of anilines is 1. The van der Waals surface area contributed by atoms with Crippen molar-refractivity contribution in [2.45, 2.75) is 33.2 Å². The highest BCUT2D eigenvalue weighted by Gasteiger charge is 2.24. The largest absolute Gasteiger partial charge is 0.354 e. The Bertz CT molecular complexity index is 553.